The van der Waals surface area contributed by atoms with E-state index in [0.717, 1.165) is 0 Å². The fraction of sp³-hybridized carbons (Fsp3) is 0.750. The summed E-state index contributed by atoms with van der Waals surface area (Å²) in [4.78, 5) is 8.78. The Balaban J connectivity index is 0.000000219. The van der Waals surface area contributed by atoms with E-state index in [2.05, 4.69) is 5.32 Å². The zero-order valence-electron chi connectivity index (χ0n) is 4.94. The molecule has 1 saturated heterocycles. The van der Waals surface area contributed by atoms with Crippen molar-refractivity contribution in [3.8, 4) is 0 Å². The van der Waals surface area contributed by atoms with Gasteiger partial charge in [-0.15, -0.1) is 0 Å². The highest BCUT2D eigenvalue weighted by atomic mass is 19.4. The van der Waals surface area contributed by atoms with Crippen molar-refractivity contribution in [2.75, 3.05) is 13.1 Å². The van der Waals surface area contributed by atoms with Gasteiger partial charge in [0.1, 0.15) is 19.1 Å². The third kappa shape index (κ3) is 7.22. The molecule has 0 aromatic heterocycles. The summed E-state index contributed by atoms with van der Waals surface area (Å²) in [6, 6.07) is 0. The van der Waals surface area contributed by atoms with Gasteiger partial charge < -0.3 is 15.2 Å². The van der Waals surface area contributed by atoms with E-state index in [1.807, 2.05) is 0 Å². The Morgan fingerprint density at radius 2 is 1.60 bits per heavy atom. The molecular formula is C4H6F3NO2. The lowest BCUT2D eigenvalue weighted by Crippen LogP contribution is -2.55. The molecule has 0 aromatic rings. The largest absolute Gasteiger partial charge is 0.542 e. The molecule has 3 nitrogen and oxygen atoms in total. The number of halogens is 3. The van der Waals surface area contributed by atoms with Gasteiger partial charge in [-0.25, -0.2) is 0 Å². The van der Waals surface area contributed by atoms with Gasteiger partial charge >= 0.3 is 6.18 Å². The van der Waals surface area contributed by atoms with Gasteiger partial charge in [-0.05, 0) is 0 Å². The molecule has 0 saturated carbocycles. The summed E-state index contributed by atoms with van der Waals surface area (Å²) >= 11 is 0. The van der Waals surface area contributed by atoms with E-state index in [4.69, 9.17) is 9.90 Å². The molecular weight excluding hydrogens is 151 g/mol. The van der Waals surface area contributed by atoms with Crippen LogP contribution in [-0.4, -0.2) is 25.2 Å². The van der Waals surface area contributed by atoms with Crippen LogP contribution in [0.3, 0.4) is 0 Å². The van der Waals surface area contributed by atoms with Crippen molar-refractivity contribution in [1.82, 2.24) is 0 Å². The van der Waals surface area contributed by atoms with Crippen LogP contribution in [-0.2, 0) is 4.79 Å². The summed E-state index contributed by atoms with van der Waals surface area (Å²) in [5.41, 5.74) is 0. The standard InChI is InChI=1S/C2HF3O2.C2H5N/c3-2(4,5)1(6)7;1-2-3-1/h(H,6,7);3H,1-2H2. The molecule has 0 amide bonds. The highest BCUT2D eigenvalue weighted by molar-refractivity contribution is 5.70. The maximum absolute atomic E-state index is 10.5. The molecule has 10 heavy (non-hydrogen) atoms. The second-order valence-corrected chi connectivity index (χ2v) is 1.65. The van der Waals surface area contributed by atoms with Gasteiger partial charge in [0.05, 0.1) is 0 Å². The predicted molar refractivity (Wildman–Crippen MR) is 22.7 cm³/mol. The van der Waals surface area contributed by atoms with E-state index in [1.54, 1.807) is 0 Å². The van der Waals surface area contributed by atoms with Crippen molar-refractivity contribution in [2.24, 2.45) is 0 Å². The number of carbonyl (C=O) groups is 1. The highest BCUT2D eigenvalue weighted by Gasteiger charge is 2.28. The SMILES string of the molecule is C1C[NH2+]1.O=C([O-])C(F)(F)F. The van der Waals surface area contributed by atoms with Crippen molar-refractivity contribution in [3.05, 3.63) is 0 Å². The second-order valence-electron chi connectivity index (χ2n) is 1.65. The van der Waals surface area contributed by atoms with Crippen LogP contribution in [0.1, 0.15) is 0 Å². The molecule has 2 N–H and O–H groups in total. The number of quaternary nitrogens is 1. The Morgan fingerprint density at radius 1 is 1.40 bits per heavy atom. The number of nitrogens with two attached hydrogens (primary N) is 1. The fourth-order valence-corrected chi connectivity index (χ4v) is 0. The van der Waals surface area contributed by atoms with Gasteiger partial charge in [-0.2, -0.15) is 13.2 Å². The number of hydrogen-bond acceptors (Lipinski definition) is 2. The molecule has 0 aromatic carbocycles. The number of hydrogen-bond donors (Lipinski definition) is 1. The molecule has 1 aliphatic heterocycles. The maximum Gasteiger partial charge on any atom is 0.430 e. The quantitative estimate of drug-likeness (QED) is 0.408. The normalized spacial score (nSPS) is 15.1. The topological polar surface area (TPSA) is 56.7 Å². The Labute approximate surface area is 54.8 Å². The molecule has 0 radical (unpaired) electrons. The number of alkyl halides is 3. The summed E-state index contributed by atoms with van der Waals surface area (Å²) < 4.78 is 31.5. The summed E-state index contributed by atoms with van der Waals surface area (Å²) in [7, 11) is 0. The molecule has 1 heterocycles. The second kappa shape index (κ2) is 3.40. The lowest BCUT2D eigenvalue weighted by Gasteiger charge is -2.03. The van der Waals surface area contributed by atoms with E-state index in [1.165, 1.54) is 13.1 Å². The highest BCUT2D eigenvalue weighted by Crippen LogP contribution is 2.11. The van der Waals surface area contributed by atoms with Crippen molar-refractivity contribution in [2.45, 2.75) is 6.18 Å². The number of carboxylic acid groups (broad SMARTS) is 1. The van der Waals surface area contributed by atoms with Gasteiger partial charge in [0.2, 0.25) is 0 Å². The zero-order chi connectivity index (χ0) is 8.20. The van der Waals surface area contributed by atoms with Crippen LogP contribution in [0.25, 0.3) is 0 Å². The third-order valence-corrected chi connectivity index (χ3v) is 0.520. The van der Waals surface area contributed by atoms with Crippen LogP contribution in [0, 0.1) is 0 Å². The Hall–Kier alpha value is -0.780. The van der Waals surface area contributed by atoms with Crippen molar-refractivity contribution < 1.29 is 28.4 Å². The average Bonchev–Trinajstić information content (AvgIpc) is 2.42. The molecule has 0 atom stereocenters. The summed E-state index contributed by atoms with van der Waals surface area (Å²) in [5.74, 6) is -3.01. The molecule has 1 aliphatic rings. The summed E-state index contributed by atoms with van der Waals surface area (Å²) in [5, 5.41) is 11.0. The lowest BCUT2D eigenvalue weighted by atomic mass is 10.7. The van der Waals surface area contributed by atoms with Crippen LogP contribution in [0.4, 0.5) is 13.2 Å². The van der Waals surface area contributed by atoms with Gasteiger partial charge in [0, 0.05) is 0 Å². The van der Waals surface area contributed by atoms with Gasteiger partial charge in [-0.3, -0.25) is 0 Å². The van der Waals surface area contributed by atoms with Crippen LogP contribution in [0.15, 0.2) is 0 Å². The van der Waals surface area contributed by atoms with Crippen LogP contribution >= 0.6 is 0 Å². The molecule has 6 heteroatoms. The maximum atomic E-state index is 10.5. The number of aliphatic carboxylic acids is 1. The number of rotatable bonds is 0. The van der Waals surface area contributed by atoms with Crippen molar-refractivity contribution in [1.29, 1.82) is 0 Å². The van der Waals surface area contributed by atoms with E-state index in [0.29, 0.717) is 0 Å². The first-order valence-electron chi connectivity index (χ1n) is 2.54. The fourth-order valence-electron chi connectivity index (χ4n) is 0. The molecule has 0 unspecified atom stereocenters. The monoisotopic (exact) mass is 157 g/mol. The lowest BCUT2D eigenvalue weighted by molar-refractivity contribution is -0.473. The van der Waals surface area contributed by atoms with Crippen molar-refractivity contribution in [3.63, 3.8) is 0 Å². The van der Waals surface area contributed by atoms with Crippen LogP contribution in [0.5, 0.6) is 0 Å². The van der Waals surface area contributed by atoms with Gasteiger partial charge in [0.15, 0.2) is 0 Å². The first-order valence-corrected chi connectivity index (χ1v) is 2.54. The van der Waals surface area contributed by atoms with Gasteiger partial charge in [0.25, 0.3) is 0 Å². The zero-order valence-corrected chi connectivity index (χ0v) is 4.94. The van der Waals surface area contributed by atoms with Crippen LogP contribution < -0.4 is 10.4 Å². The minimum Gasteiger partial charge on any atom is -0.542 e. The Morgan fingerprint density at radius 3 is 1.60 bits per heavy atom. The summed E-state index contributed by atoms with van der Waals surface area (Å²) in [6.07, 6.45) is -5.19. The smallest absolute Gasteiger partial charge is 0.430 e. The molecule has 0 spiro atoms. The third-order valence-electron chi connectivity index (χ3n) is 0.520. The first-order chi connectivity index (χ1) is 4.44. The minimum absolute atomic E-state index is 1.38. The number of carbonyl (C=O) groups excluding carboxylic acids is 1. The average molecular weight is 157 g/mol. The molecule has 1 fully saturated rings. The first kappa shape index (κ1) is 9.22. The van der Waals surface area contributed by atoms with E-state index in [9.17, 15) is 13.2 Å². The Bertz CT molecular complexity index is 117. The summed E-state index contributed by atoms with van der Waals surface area (Å²) in [6.45, 7) is 2.75. The predicted octanol–water partition coefficient (Wildman–Crippen LogP) is -2.14. The van der Waals surface area contributed by atoms with Crippen molar-refractivity contribution >= 4 is 5.97 Å². The number of carboxylic acids is 1. The molecule has 1 rings (SSSR count). The van der Waals surface area contributed by atoms with E-state index in [-0.39, 0.29) is 0 Å². The Kier molecular flexibility index (Phi) is 3.14. The minimum atomic E-state index is -5.19. The molecule has 60 valence electrons. The van der Waals surface area contributed by atoms with E-state index >= 15 is 0 Å². The van der Waals surface area contributed by atoms with Crippen LogP contribution in [0.2, 0.25) is 0 Å². The molecule has 0 aliphatic carbocycles. The van der Waals surface area contributed by atoms with E-state index < -0.39 is 12.1 Å². The molecule has 0 bridgehead atoms. The van der Waals surface area contributed by atoms with Gasteiger partial charge in [-0.1, -0.05) is 0 Å².